The van der Waals surface area contributed by atoms with Gasteiger partial charge < -0.3 is 4.74 Å². The van der Waals surface area contributed by atoms with E-state index in [0.717, 1.165) is 22.4 Å². The highest BCUT2D eigenvalue weighted by molar-refractivity contribution is 6.09. The Morgan fingerprint density at radius 3 is 2.42 bits per heavy atom. The minimum atomic E-state index is -0.0438. The van der Waals surface area contributed by atoms with Gasteiger partial charge in [-0.15, -0.1) is 0 Å². The van der Waals surface area contributed by atoms with Crippen molar-refractivity contribution in [3.8, 4) is 5.75 Å². The third-order valence-electron chi connectivity index (χ3n) is 3.11. The molecule has 3 nitrogen and oxygen atoms in total. The molecule has 0 aliphatic heterocycles. The number of hydrogen-bond acceptors (Lipinski definition) is 3. The summed E-state index contributed by atoms with van der Waals surface area (Å²) in [7, 11) is 1.61. The molecule has 2 rings (SSSR count). The van der Waals surface area contributed by atoms with Crippen LogP contribution in [-0.2, 0) is 0 Å². The second-order valence-electron chi connectivity index (χ2n) is 4.69. The van der Waals surface area contributed by atoms with E-state index >= 15 is 0 Å². The molecular weight excluding hydrogens is 238 g/mol. The summed E-state index contributed by atoms with van der Waals surface area (Å²) in [6, 6.07) is 7.41. The standard InChI is InChI=1S/C16H17NO2/c1-10-7-12(3)15(17-9-10)16(18)14-6-5-13(19-4)8-11(14)2/h5-9H,1-4H3. The Kier molecular flexibility index (Phi) is 3.65. The van der Waals surface area contributed by atoms with E-state index in [-0.39, 0.29) is 5.78 Å². The first kappa shape index (κ1) is 13.3. The molecule has 0 bridgehead atoms. The first-order valence-electron chi connectivity index (χ1n) is 6.15. The molecule has 98 valence electrons. The number of carbonyl (C=O) groups is 1. The highest BCUT2D eigenvalue weighted by atomic mass is 16.5. The summed E-state index contributed by atoms with van der Waals surface area (Å²) < 4.78 is 5.15. The average Bonchev–Trinajstić information content (AvgIpc) is 2.37. The molecule has 0 aliphatic rings. The van der Waals surface area contributed by atoms with Gasteiger partial charge in [0.25, 0.3) is 0 Å². The van der Waals surface area contributed by atoms with Crippen LogP contribution in [0, 0.1) is 20.8 Å². The van der Waals surface area contributed by atoms with Crippen molar-refractivity contribution in [2.24, 2.45) is 0 Å². The predicted octanol–water partition coefficient (Wildman–Crippen LogP) is 3.25. The molecular formula is C16H17NO2. The molecule has 0 amide bonds. The molecule has 1 aromatic carbocycles. The molecule has 0 N–H and O–H groups in total. The number of ketones is 1. The maximum atomic E-state index is 12.5. The summed E-state index contributed by atoms with van der Waals surface area (Å²) in [5, 5.41) is 0. The predicted molar refractivity (Wildman–Crippen MR) is 74.9 cm³/mol. The van der Waals surface area contributed by atoms with Crippen LogP contribution in [0.2, 0.25) is 0 Å². The number of hydrogen-bond donors (Lipinski definition) is 0. The lowest BCUT2D eigenvalue weighted by Crippen LogP contribution is -2.08. The van der Waals surface area contributed by atoms with Crippen molar-refractivity contribution < 1.29 is 9.53 Å². The lowest BCUT2D eigenvalue weighted by Gasteiger charge is -2.09. The summed E-state index contributed by atoms with van der Waals surface area (Å²) in [5.41, 5.74) is 4.03. The Morgan fingerprint density at radius 1 is 1.11 bits per heavy atom. The van der Waals surface area contributed by atoms with Crippen molar-refractivity contribution in [2.75, 3.05) is 7.11 Å². The van der Waals surface area contributed by atoms with E-state index in [2.05, 4.69) is 4.98 Å². The van der Waals surface area contributed by atoms with E-state index in [1.807, 2.05) is 32.9 Å². The van der Waals surface area contributed by atoms with Crippen LogP contribution in [0.3, 0.4) is 0 Å². The van der Waals surface area contributed by atoms with E-state index in [9.17, 15) is 4.79 Å². The summed E-state index contributed by atoms with van der Waals surface area (Å²) in [5.74, 6) is 0.709. The van der Waals surface area contributed by atoms with Crippen LogP contribution in [0.1, 0.15) is 32.7 Å². The van der Waals surface area contributed by atoms with Crippen molar-refractivity contribution in [3.63, 3.8) is 0 Å². The number of ether oxygens (including phenoxy) is 1. The maximum absolute atomic E-state index is 12.5. The summed E-state index contributed by atoms with van der Waals surface area (Å²) in [6.07, 6.45) is 1.72. The van der Waals surface area contributed by atoms with Crippen molar-refractivity contribution in [1.29, 1.82) is 0 Å². The van der Waals surface area contributed by atoms with Crippen LogP contribution in [0.4, 0.5) is 0 Å². The van der Waals surface area contributed by atoms with E-state index in [4.69, 9.17) is 4.74 Å². The van der Waals surface area contributed by atoms with Gasteiger partial charge in [0.2, 0.25) is 5.78 Å². The summed E-state index contributed by atoms with van der Waals surface area (Å²) in [4.78, 5) is 16.8. The second kappa shape index (κ2) is 5.22. The lowest BCUT2D eigenvalue weighted by atomic mass is 9.99. The Bertz CT molecular complexity index is 633. The van der Waals surface area contributed by atoms with E-state index in [1.165, 1.54) is 0 Å². The number of methoxy groups -OCH3 is 1. The highest BCUT2D eigenvalue weighted by Gasteiger charge is 2.15. The minimum absolute atomic E-state index is 0.0438. The van der Waals surface area contributed by atoms with Gasteiger partial charge in [-0.25, -0.2) is 0 Å². The molecule has 3 heteroatoms. The molecule has 0 aliphatic carbocycles. The maximum Gasteiger partial charge on any atom is 0.211 e. The molecule has 0 unspecified atom stereocenters. The van der Waals surface area contributed by atoms with Crippen LogP contribution in [0.15, 0.2) is 30.5 Å². The number of aromatic nitrogens is 1. The largest absolute Gasteiger partial charge is 0.497 e. The van der Waals surface area contributed by atoms with Crippen molar-refractivity contribution in [1.82, 2.24) is 4.98 Å². The molecule has 2 aromatic rings. The molecule has 0 radical (unpaired) electrons. The Morgan fingerprint density at radius 2 is 1.84 bits per heavy atom. The van der Waals surface area contributed by atoms with Crippen LogP contribution in [0.25, 0.3) is 0 Å². The van der Waals surface area contributed by atoms with Gasteiger partial charge in [0.1, 0.15) is 11.4 Å². The first-order chi connectivity index (χ1) is 9.02. The number of aryl methyl sites for hydroxylation is 3. The zero-order valence-electron chi connectivity index (χ0n) is 11.7. The Balaban J connectivity index is 2.44. The monoisotopic (exact) mass is 255 g/mol. The molecule has 0 fully saturated rings. The molecule has 19 heavy (non-hydrogen) atoms. The summed E-state index contributed by atoms with van der Waals surface area (Å²) >= 11 is 0. The quantitative estimate of drug-likeness (QED) is 0.790. The fourth-order valence-corrected chi connectivity index (χ4v) is 2.10. The van der Waals surface area contributed by atoms with Crippen LogP contribution < -0.4 is 4.74 Å². The van der Waals surface area contributed by atoms with Crippen LogP contribution in [0.5, 0.6) is 5.75 Å². The third-order valence-corrected chi connectivity index (χ3v) is 3.11. The summed E-state index contributed by atoms with van der Waals surface area (Å²) in [6.45, 7) is 5.78. The molecule has 0 saturated heterocycles. The molecule has 1 heterocycles. The van der Waals surface area contributed by atoms with Gasteiger partial charge in [-0.3, -0.25) is 9.78 Å². The Hall–Kier alpha value is -2.16. The van der Waals surface area contributed by atoms with E-state index in [1.54, 1.807) is 25.4 Å². The molecule has 1 aromatic heterocycles. The second-order valence-corrected chi connectivity index (χ2v) is 4.69. The zero-order chi connectivity index (χ0) is 14.0. The molecule has 0 atom stereocenters. The van der Waals surface area contributed by atoms with Gasteiger partial charge in [0.05, 0.1) is 7.11 Å². The number of carbonyl (C=O) groups excluding carboxylic acids is 1. The third kappa shape index (κ3) is 2.65. The van der Waals surface area contributed by atoms with Crippen molar-refractivity contribution in [2.45, 2.75) is 20.8 Å². The fourth-order valence-electron chi connectivity index (χ4n) is 2.10. The molecule has 0 spiro atoms. The lowest BCUT2D eigenvalue weighted by molar-refractivity contribution is 0.103. The molecule has 0 saturated carbocycles. The van der Waals surface area contributed by atoms with Gasteiger partial charge >= 0.3 is 0 Å². The number of rotatable bonds is 3. The van der Waals surface area contributed by atoms with E-state index in [0.29, 0.717) is 11.3 Å². The van der Waals surface area contributed by atoms with Gasteiger partial charge in [-0.1, -0.05) is 6.07 Å². The SMILES string of the molecule is COc1ccc(C(=O)c2ncc(C)cc2C)c(C)c1. The van der Waals surface area contributed by atoms with Crippen LogP contribution >= 0.6 is 0 Å². The number of benzene rings is 1. The van der Waals surface area contributed by atoms with Crippen LogP contribution in [-0.4, -0.2) is 17.9 Å². The zero-order valence-corrected chi connectivity index (χ0v) is 11.7. The minimum Gasteiger partial charge on any atom is -0.497 e. The Labute approximate surface area is 113 Å². The smallest absolute Gasteiger partial charge is 0.211 e. The topological polar surface area (TPSA) is 39.2 Å². The number of nitrogens with zero attached hydrogens (tertiary/aromatic N) is 1. The first-order valence-corrected chi connectivity index (χ1v) is 6.15. The number of pyridine rings is 1. The van der Waals surface area contributed by atoms with Crippen molar-refractivity contribution >= 4 is 5.78 Å². The fraction of sp³-hybridized carbons (Fsp3) is 0.250. The van der Waals surface area contributed by atoms with Gasteiger partial charge in [-0.05, 0) is 55.7 Å². The van der Waals surface area contributed by atoms with Gasteiger partial charge in [0.15, 0.2) is 0 Å². The van der Waals surface area contributed by atoms with E-state index < -0.39 is 0 Å². The van der Waals surface area contributed by atoms with Gasteiger partial charge in [0, 0.05) is 11.8 Å². The highest BCUT2D eigenvalue weighted by Crippen LogP contribution is 2.20. The normalized spacial score (nSPS) is 10.3. The average molecular weight is 255 g/mol. The van der Waals surface area contributed by atoms with Gasteiger partial charge in [-0.2, -0.15) is 0 Å². The van der Waals surface area contributed by atoms with Crippen molar-refractivity contribution in [3.05, 3.63) is 58.4 Å².